The van der Waals surface area contributed by atoms with E-state index >= 15 is 0 Å². The van der Waals surface area contributed by atoms with Crippen LogP contribution in [0, 0.1) is 18.3 Å². The normalized spacial score (nSPS) is 16.3. The van der Waals surface area contributed by atoms with E-state index in [1.807, 2.05) is 29.6 Å². The van der Waals surface area contributed by atoms with Gasteiger partial charge in [-0.1, -0.05) is 6.07 Å². The number of hydrogen-bond donors (Lipinski definition) is 1. The van der Waals surface area contributed by atoms with Crippen molar-refractivity contribution >= 4 is 11.3 Å². The highest BCUT2D eigenvalue weighted by Gasteiger charge is 2.34. The van der Waals surface area contributed by atoms with Gasteiger partial charge in [-0.25, -0.2) is 14.5 Å². The van der Waals surface area contributed by atoms with Crippen LogP contribution < -0.4 is 4.90 Å². The summed E-state index contributed by atoms with van der Waals surface area (Å²) < 4.78 is 1.94. The molecule has 1 atom stereocenters. The highest BCUT2D eigenvalue weighted by molar-refractivity contribution is 5.54. The Balaban J connectivity index is 1.69. The van der Waals surface area contributed by atoms with Crippen molar-refractivity contribution in [3.63, 3.8) is 0 Å². The smallest absolute Gasteiger partial charge is 0.161 e. The summed E-state index contributed by atoms with van der Waals surface area (Å²) >= 11 is 0. The fourth-order valence-electron chi connectivity index (χ4n) is 3.68. The van der Waals surface area contributed by atoms with E-state index in [-0.39, 0.29) is 6.04 Å². The molecule has 5 rings (SSSR count). The van der Waals surface area contributed by atoms with Gasteiger partial charge in [0.2, 0.25) is 0 Å². The minimum Gasteiger partial charge on any atom is -0.348 e. The molecule has 0 fully saturated rings. The van der Waals surface area contributed by atoms with Gasteiger partial charge in [-0.2, -0.15) is 10.4 Å². The van der Waals surface area contributed by atoms with E-state index in [9.17, 15) is 5.26 Å². The second-order valence-corrected chi connectivity index (χ2v) is 6.56. The average Bonchev–Trinajstić information content (AvgIpc) is 3.34. The molecule has 8 nitrogen and oxygen atoms in total. The molecule has 8 heteroatoms. The number of anilines is 1. The van der Waals surface area contributed by atoms with E-state index in [0.29, 0.717) is 11.5 Å². The summed E-state index contributed by atoms with van der Waals surface area (Å²) in [5.41, 5.74) is 5.33. The number of aromatic amines is 1. The van der Waals surface area contributed by atoms with Crippen molar-refractivity contribution < 1.29 is 0 Å². The number of pyridine rings is 1. The number of fused-ring (bicyclic) bond motifs is 2. The molecule has 0 aliphatic carbocycles. The molecule has 132 valence electrons. The number of imidazole rings is 1. The first-order valence-electron chi connectivity index (χ1n) is 8.71. The number of rotatable bonds is 2. The minimum atomic E-state index is -0.192. The van der Waals surface area contributed by atoms with E-state index in [4.69, 9.17) is 5.10 Å². The van der Waals surface area contributed by atoms with Crippen molar-refractivity contribution in [3.8, 4) is 6.07 Å². The summed E-state index contributed by atoms with van der Waals surface area (Å²) in [6.07, 6.45) is 5.69. The first-order valence-corrected chi connectivity index (χ1v) is 8.71. The van der Waals surface area contributed by atoms with Crippen molar-refractivity contribution in [2.24, 2.45) is 0 Å². The van der Waals surface area contributed by atoms with E-state index < -0.39 is 0 Å². The van der Waals surface area contributed by atoms with E-state index in [1.54, 1.807) is 12.5 Å². The molecule has 0 radical (unpaired) electrons. The third-order valence-electron chi connectivity index (χ3n) is 4.93. The Morgan fingerprint density at radius 2 is 2.22 bits per heavy atom. The Hall–Kier alpha value is -3.73. The lowest BCUT2D eigenvalue weighted by Gasteiger charge is -2.34. The molecular weight excluding hydrogens is 340 g/mol. The Kier molecular flexibility index (Phi) is 3.40. The van der Waals surface area contributed by atoms with Crippen LogP contribution in [0.5, 0.6) is 0 Å². The summed E-state index contributed by atoms with van der Waals surface area (Å²) in [6.45, 7) is 2.76. The lowest BCUT2D eigenvalue weighted by Crippen LogP contribution is -2.37. The van der Waals surface area contributed by atoms with Gasteiger partial charge in [0.1, 0.15) is 17.9 Å². The zero-order valence-electron chi connectivity index (χ0n) is 14.7. The molecule has 0 aromatic carbocycles. The van der Waals surface area contributed by atoms with Crippen LogP contribution in [0.4, 0.5) is 5.82 Å². The highest BCUT2D eigenvalue weighted by atomic mass is 15.3. The molecule has 0 unspecified atom stereocenters. The van der Waals surface area contributed by atoms with E-state index in [0.717, 1.165) is 41.3 Å². The van der Waals surface area contributed by atoms with Crippen LogP contribution >= 0.6 is 0 Å². The van der Waals surface area contributed by atoms with Crippen LogP contribution in [-0.4, -0.2) is 36.1 Å². The van der Waals surface area contributed by atoms with Gasteiger partial charge in [0.05, 0.1) is 35.6 Å². The average molecular weight is 356 g/mol. The second-order valence-electron chi connectivity index (χ2n) is 6.56. The molecule has 1 aliphatic heterocycles. The summed E-state index contributed by atoms with van der Waals surface area (Å²) in [7, 11) is 0. The topological polar surface area (TPSA) is 98.8 Å². The van der Waals surface area contributed by atoms with Gasteiger partial charge >= 0.3 is 0 Å². The molecule has 0 bridgehead atoms. The number of aromatic nitrogens is 6. The maximum absolute atomic E-state index is 9.19. The molecule has 27 heavy (non-hydrogen) atoms. The Morgan fingerprint density at radius 3 is 3.07 bits per heavy atom. The fourth-order valence-corrected chi connectivity index (χ4v) is 3.68. The quantitative estimate of drug-likeness (QED) is 0.591. The van der Waals surface area contributed by atoms with E-state index in [1.165, 1.54) is 6.20 Å². The Morgan fingerprint density at radius 1 is 1.30 bits per heavy atom. The zero-order chi connectivity index (χ0) is 18.4. The van der Waals surface area contributed by atoms with Gasteiger partial charge in [-0.15, -0.1) is 0 Å². The number of H-pyrrole nitrogens is 1. The van der Waals surface area contributed by atoms with Crippen molar-refractivity contribution in [2.45, 2.75) is 19.4 Å². The molecule has 0 amide bonds. The molecule has 1 aliphatic rings. The molecule has 5 heterocycles. The number of aryl methyl sites for hydroxylation is 1. The highest BCUT2D eigenvalue weighted by Crippen LogP contribution is 2.35. The van der Waals surface area contributed by atoms with Crippen molar-refractivity contribution in [3.05, 3.63) is 71.5 Å². The lowest BCUT2D eigenvalue weighted by molar-refractivity contribution is 0.608. The van der Waals surface area contributed by atoms with Gasteiger partial charge in [-0.3, -0.25) is 4.98 Å². The molecule has 0 saturated heterocycles. The molecule has 4 aromatic rings. The number of nitrogens with zero attached hydrogens (tertiary/aromatic N) is 7. The number of hydrogen-bond acceptors (Lipinski definition) is 6. The maximum Gasteiger partial charge on any atom is 0.161 e. The maximum atomic E-state index is 9.19. The Bertz CT molecular complexity index is 1180. The van der Waals surface area contributed by atoms with Crippen molar-refractivity contribution in [2.75, 3.05) is 11.4 Å². The summed E-state index contributed by atoms with van der Waals surface area (Å²) in [6, 6.07) is 10.0. The largest absolute Gasteiger partial charge is 0.348 e. The fraction of sp³-hybridized carbons (Fsp3) is 0.211. The summed E-state index contributed by atoms with van der Waals surface area (Å²) in [5, 5.41) is 14.0. The van der Waals surface area contributed by atoms with Gasteiger partial charge in [0.25, 0.3) is 0 Å². The standard InChI is InChI=1S/C19H16N8/c1-12-3-2-4-14-7-16(25-27(12)14)19-18-15(22-11-23-18)5-6-26(19)17-10-21-9-13(8-20)24-17/h2-4,7,9-11,19H,5-6H2,1H3,(H,22,23)/t19-/m0/s1. The first-order chi connectivity index (χ1) is 13.2. The monoisotopic (exact) mass is 356 g/mol. The number of nitriles is 1. The molecule has 0 spiro atoms. The van der Waals surface area contributed by atoms with Crippen LogP contribution in [0.1, 0.15) is 34.5 Å². The lowest BCUT2D eigenvalue weighted by atomic mass is 10.00. The first kappa shape index (κ1) is 15.5. The summed E-state index contributed by atoms with van der Waals surface area (Å²) in [4.78, 5) is 18.5. The predicted molar refractivity (Wildman–Crippen MR) is 98.2 cm³/mol. The second kappa shape index (κ2) is 5.92. The van der Waals surface area contributed by atoms with Gasteiger partial charge in [0.15, 0.2) is 5.69 Å². The molecule has 4 aromatic heterocycles. The molecular formula is C19H16N8. The van der Waals surface area contributed by atoms with E-state index in [2.05, 4.69) is 37.0 Å². The third kappa shape index (κ3) is 2.44. The molecule has 0 saturated carbocycles. The van der Waals surface area contributed by atoms with Gasteiger partial charge < -0.3 is 9.88 Å². The van der Waals surface area contributed by atoms with Gasteiger partial charge in [0, 0.05) is 24.4 Å². The predicted octanol–water partition coefficient (Wildman–Crippen LogP) is 2.18. The van der Waals surface area contributed by atoms with Crippen LogP contribution in [0.15, 0.2) is 43.0 Å². The van der Waals surface area contributed by atoms with Crippen molar-refractivity contribution in [1.82, 2.24) is 29.5 Å². The van der Waals surface area contributed by atoms with Crippen LogP contribution in [0.2, 0.25) is 0 Å². The zero-order valence-corrected chi connectivity index (χ0v) is 14.7. The third-order valence-corrected chi connectivity index (χ3v) is 4.93. The SMILES string of the molecule is Cc1cccc2cc([C@H]3c4nc[nH]c4CCN3c3cncc(C#N)n3)nn12. The molecule has 1 N–H and O–H groups in total. The summed E-state index contributed by atoms with van der Waals surface area (Å²) in [5.74, 6) is 0.654. The van der Waals surface area contributed by atoms with Crippen LogP contribution in [0.3, 0.4) is 0 Å². The van der Waals surface area contributed by atoms with Crippen LogP contribution in [0.25, 0.3) is 5.52 Å². The van der Waals surface area contributed by atoms with Crippen LogP contribution in [-0.2, 0) is 6.42 Å². The van der Waals surface area contributed by atoms with Gasteiger partial charge in [-0.05, 0) is 25.1 Å². The minimum absolute atomic E-state index is 0.192. The number of nitrogens with one attached hydrogen (secondary N) is 1. The Labute approximate surface area is 155 Å². The van der Waals surface area contributed by atoms with Crippen molar-refractivity contribution in [1.29, 1.82) is 5.26 Å².